The van der Waals surface area contributed by atoms with Crippen LogP contribution in [0.2, 0.25) is 0 Å². The van der Waals surface area contributed by atoms with Gasteiger partial charge in [0.1, 0.15) is 18.1 Å². The first-order valence-electron chi connectivity index (χ1n) is 10.6. The minimum absolute atomic E-state index is 0.277. The van der Waals surface area contributed by atoms with E-state index < -0.39 is 92.1 Å². The fourth-order valence-corrected chi connectivity index (χ4v) is 2.72. The maximum absolute atomic E-state index is 12.5. The Morgan fingerprint density at radius 2 is 1.15 bits per heavy atom. The topological polar surface area (TPSA) is 271 Å². The average molecular weight is 491 g/mol. The SMILES string of the molecule is NCCCCC(N)C(=O)NC(CO)C(=O)NC(CCC(=O)O)C(=O)NC(CCC(=O)O)C(=O)O. The van der Waals surface area contributed by atoms with Crippen molar-refractivity contribution in [3.63, 3.8) is 0 Å². The zero-order chi connectivity index (χ0) is 26.3. The molecule has 0 radical (unpaired) electrons. The highest BCUT2D eigenvalue weighted by molar-refractivity contribution is 5.94. The third kappa shape index (κ3) is 12.7. The van der Waals surface area contributed by atoms with Crippen LogP contribution in [0.25, 0.3) is 0 Å². The molecule has 0 aliphatic carbocycles. The highest BCUT2D eigenvalue weighted by Gasteiger charge is 2.30. The number of carbonyl (C=O) groups is 6. The number of nitrogens with one attached hydrogen (secondary N) is 3. The molecule has 0 rings (SSSR count). The minimum atomic E-state index is -1.60. The molecule has 0 bridgehead atoms. The molecule has 0 aliphatic heterocycles. The standard InChI is InChI=1S/C19H33N5O10/c20-8-2-1-3-10(21)16(30)24-13(9-25)18(32)22-11(4-6-14(26)27)17(31)23-12(19(33)34)5-7-15(28)29/h10-13,25H,1-9,20-21H2,(H,22,32)(H,23,31)(H,24,30)(H,26,27)(H,28,29)(H,33,34). The molecule has 0 heterocycles. The Hall–Kier alpha value is -3.30. The second-order valence-corrected chi connectivity index (χ2v) is 7.46. The molecule has 34 heavy (non-hydrogen) atoms. The minimum Gasteiger partial charge on any atom is -0.481 e. The van der Waals surface area contributed by atoms with Crippen molar-refractivity contribution in [2.45, 2.75) is 69.1 Å². The highest BCUT2D eigenvalue weighted by atomic mass is 16.4. The Kier molecular flexibility index (Phi) is 14.7. The van der Waals surface area contributed by atoms with Gasteiger partial charge in [0.25, 0.3) is 0 Å². The lowest BCUT2D eigenvalue weighted by Gasteiger charge is -2.24. The maximum Gasteiger partial charge on any atom is 0.326 e. The molecule has 0 aromatic carbocycles. The van der Waals surface area contributed by atoms with E-state index in [1.165, 1.54) is 0 Å². The molecule has 0 spiro atoms. The highest BCUT2D eigenvalue weighted by Crippen LogP contribution is 2.04. The third-order valence-electron chi connectivity index (χ3n) is 4.66. The summed E-state index contributed by atoms with van der Waals surface area (Å²) in [4.78, 5) is 70.1. The monoisotopic (exact) mass is 491 g/mol. The summed E-state index contributed by atoms with van der Waals surface area (Å²) in [6.07, 6.45) is -0.559. The summed E-state index contributed by atoms with van der Waals surface area (Å²) in [5, 5.41) is 42.7. The van der Waals surface area contributed by atoms with Gasteiger partial charge in [-0.1, -0.05) is 6.42 Å². The second kappa shape index (κ2) is 16.3. The molecule has 0 aromatic rings. The van der Waals surface area contributed by atoms with Crippen LogP contribution in [0, 0.1) is 0 Å². The molecule has 0 saturated carbocycles. The van der Waals surface area contributed by atoms with Crippen LogP contribution >= 0.6 is 0 Å². The maximum atomic E-state index is 12.5. The van der Waals surface area contributed by atoms with Gasteiger partial charge in [-0.3, -0.25) is 24.0 Å². The number of carbonyl (C=O) groups excluding carboxylic acids is 3. The van der Waals surface area contributed by atoms with E-state index in [2.05, 4.69) is 16.0 Å². The Labute approximate surface area is 195 Å². The molecule has 0 aromatic heterocycles. The summed E-state index contributed by atoms with van der Waals surface area (Å²) in [5.74, 6) is -6.97. The fraction of sp³-hybridized carbons (Fsp3) is 0.684. The zero-order valence-corrected chi connectivity index (χ0v) is 18.6. The predicted molar refractivity (Wildman–Crippen MR) is 115 cm³/mol. The number of rotatable bonds is 18. The molecule has 194 valence electrons. The van der Waals surface area contributed by atoms with Gasteiger partial charge in [-0.15, -0.1) is 0 Å². The van der Waals surface area contributed by atoms with Crippen LogP contribution in [0.15, 0.2) is 0 Å². The summed E-state index contributed by atoms with van der Waals surface area (Å²) in [5.41, 5.74) is 11.1. The molecule has 11 N–H and O–H groups in total. The van der Waals surface area contributed by atoms with E-state index >= 15 is 0 Å². The van der Waals surface area contributed by atoms with E-state index in [9.17, 15) is 39.0 Å². The summed E-state index contributed by atoms with van der Waals surface area (Å²) >= 11 is 0. The number of hydrogen-bond acceptors (Lipinski definition) is 9. The summed E-state index contributed by atoms with van der Waals surface area (Å²) in [7, 11) is 0. The zero-order valence-electron chi connectivity index (χ0n) is 18.6. The largest absolute Gasteiger partial charge is 0.481 e. The number of unbranched alkanes of at least 4 members (excludes halogenated alkanes) is 1. The Morgan fingerprint density at radius 1 is 0.676 bits per heavy atom. The van der Waals surface area contributed by atoms with Crippen LogP contribution in [0.3, 0.4) is 0 Å². The van der Waals surface area contributed by atoms with E-state index in [4.69, 9.17) is 21.7 Å². The summed E-state index contributed by atoms with van der Waals surface area (Å²) in [6.45, 7) is -0.453. The van der Waals surface area contributed by atoms with E-state index in [1.54, 1.807) is 0 Å². The van der Waals surface area contributed by atoms with Gasteiger partial charge in [0.15, 0.2) is 0 Å². The van der Waals surface area contributed by atoms with Crippen molar-refractivity contribution in [3.05, 3.63) is 0 Å². The Balaban J connectivity index is 5.27. The molecule has 15 nitrogen and oxygen atoms in total. The number of hydrogen-bond donors (Lipinski definition) is 9. The lowest BCUT2D eigenvalue weighted by atomic mass is 10.1. The summed E-state index contributed by atoms with van der Waals surface area (Å²) < 4.78 is 0. The number of nitrogens with two attached hydrogens (primary N) is 2. The van der Waals surface area contributed by atoms with Crippen LogP contribution in [0.5, 0.6) is 0 Å². The van der Waals surface area contributed by atoms with Crippen LogP contribution in [-0.2, 0) is 28.8 Å². The van der Waals surface area contributed by atoms with Crippen molar-refractivity contribution in [3.8, 4) is 0 Å². The van der Waals surface area contributed by atoms with E-state index in [1.807, 2.05) is 0 Å². The molecular weight excluding hydrogens is 458 g/mol. The van der Waals surface area contributed by atoms with E-state index in [0.717, 1.165) is 0 Å². The van der Waals surface area contributed by atoms with Crippen LogP contribution in [-0.4, -0.2) is 93.4 Å². The molecule has 0 aliphatic rings. The third-order valence-corrected chi connectivity index (χ3v) is 4.66. The molecule has 0 saturated heterocycles. The first kappa shape index (κ1) is 30.7. The van der Waals surface area contributed by atoms with Crippen molar-refractivity contribution in [2.75, 3.05) is 13.2 Å². The number of aliphatic carboxylic acids is 3. The lowest BCUT2D eigenvalue weighted by molar-refractivity contribution is -0.144. The van der Waals surface area contributed by atoms with Gasteiger partial charge >= 0.3 is 17.9 Å². The van der Waals surface area contributed by atoms with Crippen molar-refractivity contribution in [1.82, 2.24) is 16.0 Å². The second-order valence-electron chi connectivity index (χ2n) is 7.46. The summed E-state index contributed by atoms with van der Waals surface area (Å²) in [6, 6.07) is -5.65. The predicted octanol–water partition coefficient (Wildman–Crippen LogP) is -3.30. The molecule has 15 heteroatoms. The first-order valence-corrected chi connectivity index (χ1v) is 10.6. The fourth-order valence-electron chi connectivity index (χ4n) is 2.72. The Morgan fingerprint density at radius 3 is 1.62 bits per heavy atom. The molecule has 3 amide bonds. The number of carboxylic acid groups (broad SMARTS) is 3. The molecular formula is C19H33N5O10. The van der Waals surface area contributed by atoms with Gasteiger partial charge in [-0.25, -0.2) is 4.79 Å². The lowest BCUT2D eigenvalue weighted by Crippen LogP contribution is -2.58. The van der Waals surface area contributed by atoms with E-state index in [-0.39, 0.29) is 6.42 Å². The van der Waals surface area contributed by atoms with Crippen LogP contribution in [0.4, 0.5) is 0 Å². The Bertz CT molecular complexity index is 732. The van der Waals surface area contributed by atoms with Gasteiger partial charge in [-0.2, -0.15) is 0 Å². The number of aliphatic hydroxyl groups excluding tert-OH is 1. The first-order chi connectivity index (χ1) is 15.9. The van der Waals surface area contributed by atoms with Crippen molar-refractivity contribution < 1.29 is 49.2 Å². The van der Waals surface area contributed by atoms with Gasteiger partial charge in [-0.05, 0) is 32.2 Å². The number of amides is 3. The normalized spacial score (nSPS) is 14.2. The van der Waals surface area contributed by atoms with Gasteiger partial charge < -0.3 is 47.8 Å². The smallest absolute Gasteiger partial charge is 0.326 e. The van der Waals surface area contributed by atoms with Crippen molar-refractivity contribution in [2.24, 2.45) is 11.5 Å². The molecule has 4 unspecified atom stereocenters. The van der Waals surface area contributed by atoms with Crippen LogP contribution < -0.4 is 27.4 Å². The molecule has 4 atom stereocenters. The van der Waals surface area contributed by atoms with Gasteiger partial charge in [0.2, 0.25) is 17.7 Å². The van der Waals surface area contributed by atoms with Gasteiger partial charge in [0, 0.05) is 12.8 Å². The van der Waals surface area contributed by atoms with E-state index in [0.29, 0.717) is 19.4 Å². The van der Waals surface area contributed by atoms with Crippen LogP contribution in [0.1, 0.15) is 44.9 Å². The number of carboxylic acids is 3. The van der Waals surface area contributed by atoms with Crippen molar-refractivity contribution in [1.29, 1.82) is 0 Å². The van der Waals surface area contributed by atoms with Crippen molar-refractivity contribution >= 4 is 35.6 Å². The average Bonchev–Trinajstić information content (AvgIpc) is 2.76. The van der Waals surface area contributed by atoms with Gasteiger partial charge in [0.05, 0.1) is 12.6 Å². The molecule has 0 fully saturated rings. The number of aliphatic hydroxyl groups is 1. The quantitative estimate of drug-likeness (QED) is 0.0853.